The van der Waals surface area contributed by atoms with Gasteiger partial charge in [-0.25, -0.2) is 0 Å². The summed E-state index contributed by atoms with van der Waals surface area (Å²) >= 11 is 0. The molecule has 0 spiro atoms. The summed E-state index contributed by atoms with van der Waals surface area (Å²) < 4.78 is 5.69. The van der Waals surface area contributed by atoms with Crippen LogP contribution in [0.15, 0.2) is 0 Å². The zero-order valence-corrected chi connectivity index (χ0v) is 9.38. The Morgan fingerprint density at radius 3 is 2.69 bits per heavy atom. The lowest BCUT2D eigenvalue weighted by Gasteiger charge is -2.29. The minimum absolute atomic E-state index is 0.572. The number of hydrogen-bond donors (Lipinski definition) is 0. The Labute approximate surface area is 82.9 Å². The van der Waals surface area contributed by atoms with Crippen molar-refractivity contribution in [3.63, 3.8) is 0 Å². The normalized spacial score (nSPS) is 29.5. The van der Waals surface area contributed by atoms with Crippen LogP contribution in [0.25, 0.3) is 0 Å². The molecule has 1 fully saturated rings. The van der Waals surface area contributed by atoms with Gasteiger partial charge in [0, 0.05) is 6.61 Å². The standard InChI is InChI=1S/C12H24O/c1-4-13-12-7-5-6-11(9-12)8-10(2)3/h10-12H,4-9H2,1-3H3/t11-,12-/m0/s1. The van der Waals surface area contributed by atoms with Gasteiger partial charge in [0.2, 0.25) is 0 Å². The van der Waals surface area contributed by atoms with Crippen LogP contribution in [-0.2, 0) is 4.74 Å². The number of ether oxygens (including phenoxy) is 1. The van der Waals surface area contributed by atoms with Crippen LogP contribution in [0, 0.1) is 11.8 Å². The summed E-state index contributed by atoms with van der Waals surface area (Å²) in [7, 11) is 0. The maximum atomic E-state index is 5.69. The van der Waals surface area contributed by atoms with Gasteiger partial charge in [-0.05, 0) is 38.0 Å². The molecule has 0 aromatic heterocycles. The highest BCUT2D eigenvalue weighted by molar-refractivity contribution is 4.74. The fraction of sp³-hybridized carbons (Fsp3) is 1.00. The van der Waals surface area contributed by atoms with E-state index in [1.54, 1.807) is 0 Å². The van der Waals surface area contributed by atoms with Crippen molar-refractivity contribution in [2.24, 2.45) is 11.8 Å². The fourth-order valence-corrected chi connectivity index (χ4v) is 2.51. The predicted molar refractivity (Wildman–Crippen MR) is 56.8 cm³/mol. The first kappa shape index (κ1) is 11.0. The van der Waals surface area contributed by atoms with Crippen molar-refractivity contribution in [2.75, 3.05) is 6.61 Å². The van der Waals surface area contributed by atoms with Crippen LogP contribution in [0.5, 0.6) is 0 Å². The zero-order valence-electron chi connectivity index (χ0n) is 9.38. The molecule has 0 aromatic rings. The van der Waals surface area contributed by atoms with Crippen LogP contribution in [0.1, 0.15) is 52.9 Å². The summed E-state index contributed by atoms with van der Waals surface area (Å²) in [5.41, 5.74) is 0. The first-order valence-electron chi connectivity index (χ1n) is 5.84. The summed E-state index contributed by atoms with van der Waals surface area (Å²) in [6.07, 6.45) is 7.38. The van der Waals surface area contributed by atoms with Gasteiger partial charge in [-0.2, -0.15) is 0 Å². The Balaban J connectivity index is 2.24. The molecule has 0 bridgehead atoms. The van der Waals surface area contributed by atoms with Gasteiger partial charge in [-0.15, -0.1) is 0 Å². The van der Waals surface area contributed by atoms with Crippen LogP contribution < -0.4 is 0 Å². The maximum absolute atomic E-state index is 5.69. The van der Waals surface area contributed by atoms with E-state index >= 15 is 0 Å². The van der Waals surface area contributed by atoms with Crippen LogP contribution in [-0.4, -0.2) is 12.7 Å². The summed E-state index contributed by atoms with van der Waals surface area (Å²) in [5, 5.41) is 0. The molecule has 0 radical (unpaired) electrons. The molecular weight excluding hydrogens is 160 g/mol. The molecule has 1 aliphatic carbocycles. The highest BCUT2D eigenvalue weighted by Gasteiger charge is 2.22. The van der Waals surface area contributed by atoms with E-state index in [0.29, 0.717) is 6.10 Å². The highest BCUT2D eigenvalue weighted by atomic mass is 16.5. The molecule has 0 amide bonds. The lowest BCUT2D eigenvalue weighted by atomic mass is 9.82. The molecule has 1 rings (SSSR count). The third-order valence-electron chi connectivity index (χ3n) is 2.94. The Morgan fingerprint density at radius 1 is 1.31 bits per heavy atom. The summed E-state index contributed by atoms with van der Waals surface area (Å²) in [5.74, 6) is 1.79. The van der Waals surface area contributed by atoms with Gasteiger partial charge in [-0.1, -0.05) is 26.7 Å². The average molecular weight is 184 g/mol. The quantitative estimate of drug-likeness (QED) is 0.648. The van der Waals surface area contributed by atoms with Crippen LogP contribution >= 0.6 is 0 Å². The van der Waals surface area contributed by atoms with E-state index in [9.17, 15) is 0 Å². The first-order chi connectivity index (χ1) is 6.22. The van der Waals surface area contributed by atoms with Crippen molar-refractivity contribution in [3.05, 3.63) is 0 Å². The summed E-state index contributed by atoms with van der Waals surface area (Å²) in [6.45, 7) is 7.64. The minimum Gasteiger partial charge on any atom is -0.378 e. The first-order valence-corrected chi connectivity index (χ1v) is 5.84. The van der Waals surface area contributed by atoms with E-state index in [2.05, 4.69) is 20.8 Å². The number of rotatable bonds is 4. The molecule has 0 aromatic carbocycles. The molecule has 78 valence electrons. The average Bonchev–Trinajstić information content (AvgIpc) is 2.04. The molecule has 0 unspecified atom stereocenters. The number of hydrogen-bond acceptors (Lipinski definition) is 1. The molecule has 0 saturated heterocycles. The second kappa shape index (κ2) is 5.64. The lowest BCUT2D eigenvalue weighted by Crippen LogP contribution is -2.23. The van der Waals surface area contributed by atoms with Crippen molar-refractivity contribution in [1.82, 2.24) is 0 Å². The molecule has 1 nitrogen and oxygen atoms in total. The predicted octanol–water partition coefficient (Wildman–Crippen LogP) is 3.63. The van der Waals surface area contributed by atoms with E-state index in [0.717, 1.165) is 18.4 Å². The monoisotopic (exact) mass is 184 g/mol. The molecule has 1 aliphatic rings. The summed E-state index contributed by atoms with van der Waals surface area (Å²) in [6, 6.07) is 0. The van der Waals surface area contributed by atoms with Gasteiger partial charge in [0.25, 0.3) is 0 Å². The molecule has 0 aliphatic heterocycles. The molecule has 0 heterocycles. The minimum atomic E-state index is 0.572. The molecule has 1 saturated carbocycles. The van der Waals surface area contributed by atoms with Gasteiger partial charge in [0.15, 0.2) is 0 Å². The third-order valence-corrected chi connectivity index (χ3v) is 2.94. The van der Waals surface area contributed by atoms with Crippen LogP contribution in [0.2, 0.25) is 0 Å². The molecule has 2 atom stereocenters. The van der Waals surface area contributed by atoms with Crippen LogP contribution in [0.3, 0.4) is 0 Å². The summed E-state index contributed by atoms with van der Waals surface area (Å²) in [4.78, 5) is 0. The van der Waals surface area contributed by atoms with Gasteiger partial charge in [-0.3, -0.25) is 0 Å². The Kier molecular flexibility index (Phi) is 4.79. The smallest absolute Gasteiger partial charge is 0.0577 e. The van der Waals surface area contributed by atoms with Gasteiger partial charge >= 0.3 is 0 Å². The fourth-order valence-electron chi connectivity index (χ4n) is 2.51. The van der Waals surface area contributed by atoms with E-state index in [1.807, 2.05) is 0 Å². The second-order valence-corrected chi connectivity index (χ2v) is 4.74. The van der Waals surface area contributed by atoms with E-state index < -0.39 is 0 Å². The van der Waals surface area contributed by atoms with E-state index in [4.69, 9.17) is 4.74 Å². The maximum Gasteiger partial charge on any atom is 0.0577 e. The SMILES string of the molecule is CCO[C@H]1CCC[C@@H](CC(C)C)C1. The van der Waals surface area contributed by atoms with Crippen molar-refractivity contribution < 1.29 is 4.74 Å². The third kappa shape index (κ3) is 4.12. The van der Waals surface area contributed by atoms with Crippen molar-refractivity contribution in [2.45, 2.75) is 59.0 Å². The molecule has 13 heavy (non-hydrogen) atoms. The van der Waals surface area contributed by atoms with E-state index in [1.165, 1.54) is 32.1 Å². The Morgan fingerprint density at radius 2 is 2.08 bits per heavy atom. The van der Waals surface area contributed by atoms with Gasteiger partial charge in [0.1, 0.15) is 0 Å². The molecule has 0 N–H and O–H groups in total. The van der Waals surface area contributed by atoms with Crippen molar-refractivity contribution >= 4 is 0 Å². The molecule has 1 heteroatoms. The Bertz CT molecular complexity index is 129. The highest BCUT2D eigenvalue weighted by Crippen LogP contribution is 2.30. The van der Waals surface area contributed by atoms with Crippen LogP contribution in [0.4, 0.5) is 0 Å². The largest absolute Gasteiger partial charge is 0.378 e. The Hall–Kier alpha value is -0.0400. The second-order valence-electron chi connectivity index (χ2n) is 4.74. The topological polar surface area (TPSA) is 9.23 Å². The van der Waals surface area contributed by atoms with Crippen molar-refractivity contribution in [3.8, 4) is 0 Å². The van der Waals surface area contributed by atoms with Gasteiger partial charge in [0.05, 0.1) is 6.10 Å². The lowest BCUT2D eigenvalue weighted by molar-refractivity contribution is 0.0173. The van der Waals surface area contributed by atoms with E-state index in [-0.39, 0.29) is 0 Å². The zero-order chi connectivity index (χ0) is 9.68. The van der Waals surface area contributed by atoms with Crippen molar-refractivity contribution in [1.29, 1.82) is 0 Å². The molecular formula is C12H24O. The van der Waals surface area contributed by atoms with Gasteiger partial charge < -0.3 is 4.74 Å².